The highest BCUT2D eigenvalue weighted by atomic mass is 35.5. The molecule has 2 heterocycles. The lowest BCUT2D eigenvalue weighted by Crippen LogP contribution is -2.14. The topological polar surface area (TPSA) is 85.4 Å². The van der Waals surface area contributed by atoms with Gasteiger partial charge in [-0.2, -0.15) is 0 Å². The molecule has 0 unspecified atom stereocenters. The summed E-state index contributed by atoms with van der Waals surface area (Å²) in [4.78, 5) is 20.6. The SMILES string of the molecule is O=C(Nc1ccc2c(c1)OCO2)c1cc(NCc2ccccc2Cl)ncn1. The second-order valence-corrected chi connectivity index (χ2v) is 6.16. The van der Waals surface area contributed by atoms with Crippen molar-refractivity contribution < 1.29 is 14.3 Å². The summed E-state index contributed by atoms with van der Waals surface area (Å²) >= 11 is 6.15. The summed E-state index contributed by atoms with van der Waals surface area (Å²) in [5.41, 5.74) is 1.77. The third-order valence-electron chi connectivity index (χ3n) is 3.95. The maximum Gasteiger partial charge on any atom is 0.274 e. The molecule has 3 aromatic rings. The normalized spacial score (nSPS) is 11.9. The van der Waals surface area contributed by atoms with Crippen LogP contribution < -0.4 is 20.1 Å². The van der Waals surface area contributed by atoms with E-state index in [1.165, 1.54) is 6.33 Å². The molecule has 0 radical (unpaired) electrons. The predicted octanol–water partition coefficient (Wildman–Crippen LogP) is 3.72. The molecular formula is C19H15ClN4O3. The number of anilines is 2. The Hall–Kier alpha value is -3.32. The Bertz CT molecular complexity index is 996. The summed E-state index contributed by atoms with van der Waals surface area (Å²) in [5.74, 6) is 1.43. The fourth-order valence-corrected chi connectivity index (χ4v) is 2.78. The third kappa shape index (κ3) is 3.93. The Kier molecular flexibility index (Phi) is 4.76. The molecule has 0 atom stereocenters. The monoisotopic (exact) mass is 382 g/mol. The lowest BCUT2D eigenvalue weighted by atomic mass is 10.2. The lowest BCUT2D eigenvalue weighted by Gasteiger charge is -2.09. The van der Waals surface area contributed by atoms with Crippen molar-refractivity contribution in [2.75, 3.05) is 17.4 Å². The van der Waals surface area contributed by atoms with Crippen molar-refractivity contribution in [2.45, 2.75) is 6.54 Å². The first-order chi connectivity index (χ1) is 13.2. The van der Waals surface area contributed by atoms with Gasteiger partial charge in [-0.3, -0.25) is 4.79 Å². The van der Waals surface area contributed by atoms with E-state index in [4.69, 9.17) is 21.1 Å². The van der Waals surface area contributed by atoms with Gasteiger partial charge in [0, 0.05) is 29.4 Å². The van der Waals surface area contributed by atoms with Crippen LogP contribution in [-0.2, 0) is 6.54 Å². The number of halogens is 1. The summed E-state index contributed by atoms with van der Waals surface area (Å²) < 4.78 is 10.6. The Balaban J connectivity index is 1.44. The molecular weight excluding hydrogens is 368 g/mol. The van der Waals surface area contributed by atoms with Crippen LogP contribution in [0.15, 0.2) is 54.9 Å². The average Bonchev–Trinajstić information content (AvgIpc) is 3.15. The zero-order valence-electron chi connectivity index (χ0n) is 14.1. The van der Waals surface area contributed by atoms with Crippen LogP contribution in [0.5, 0.6) is 11.5 Å². The first kappa shape index (κ1) is 17.1. The van der Waals surface area contributed by atoms with Gasteiger partial charge in [0.05, 0.1) is 0 Å². The Morgan fingerprint density at radius 2 is 1.93 bits per heavy atom. The predicted molar refractivity (Wildman–Crippen MR) is 101 cm³/mol. The smallest absolute Gasteiger partial charge is 0.274 e. The van der Waals surface area contributed by atoms with E-state index in [9.17, 15) is 4.79 Å². The molecule has 4 rings (SSSR count). The molecule has 0 fully saturated rings. The van der Waals surface area contributed by atoms with Crippen molar-refractivity contribution in [1.82, 2.24) is 9.97 Å². The summed E-state index contributed by atoms with van der Waals surface area (Å²) in [6, 6.07) is 14.3. The molecule has 0 bridgehead atoms. The van der Waals surface area contributed by atoms with E-state index < -0.39 is 0 Å². The molecule has 8 heteroatoms. The summed E-state index contributed by atoms with van der Waals surface area (Å²) in [6.07, 6.45) is 1.34. The van der Waals surface area contributed by atoms with Gasteiger partial charge in [-0.25, -0.2) is 9.97 Å². The Morgan fingerprint density at radius 1 is 1.07 bits per heavy atom. The summed E-state index contributed by atoms with van der Waals surface area (Å²) in [5, 5.41) is 6.59. The quantitative estimate of drug-likeness (QED) is 0.699. The van der Waals surface area contributed by atoms with Gasteiger partial charge >= 0.3 is 0 Å². The first-order valence-electron chi connectivity index (χ1n) is 8.19. The van der Waals surface area contributed by atoms with Crippen LogP contribution in [0.4, 0.5) is 11.5 Å². The molecule has 1 amide bonds. The number of fused-ring (bicyclic) bond motifs is 1. The van der Waals surface area contributed by atoms with Gasteiger partial charge in [0.1, 0.15) is 17.8 Å². The molecule has 1 aliphatic rings. The van der Waals surface area contributed by atoms with Gasteiger partial charge in [-0.1, -0.05) is 29.8 Å². The van der Waals surface area contributed by atoms with Crippen molar-refractivity contribution in [2.24, 2.45) is 0 Å². The fourth-order valence-electron chi connectivity index (χ4n) is 2.58. The Labute approximate surface area is 160 Å². The van der Waals surface area contributed by atoms with Crippen LogP contribution in [0.3, 0.4) is 0 Å². The number of rotatable bonds is 5. The van der Waals surface area contributed by atoms with Crippen molar-refractivity contribution in [3.8, 4) is 11.5 Å². The van der Waals surface area contributed by atoms with Gasteiger partial charge < -0.3 is 20.1 Å². The lowest BCUT2D eigenvalue weighted by molar-refractivity contribution is 0.102. The van der Waals surface area contributed by atoms with E-state index in [-0.39, 0.29) is 18.4 Å². The van der Waals surface area contributed by atoms with Gasteiger partial charge in [-0.05, 0) is 23.8 Å². The molecule has 1 aromatic heterocycles. The van der Waals surface area contributed by atoms with Crippen molar-refractivity contribution in [1.29, 1.82) is 0 Å². The standard InChI is InChI=1S/C19H15ClN4O3/c20-14-4-2-1-3-12(14)9-21-18-8-15(22-10-23-18)19(25)24-13-5-6-16-17(7-13)27-11-26-16/h1-8,10H,9,11H2,(H,24,25)(H,21,22,23). The van der Waals surface area contributed by atoms with Gasteiger partial charge in [-0.15, -0.1) is 0 Å². The maximum atomic E-state index is 12.5. The largest absolute Gasteiger partial charge is 0.454 e. The molecule has 1 aliphatic heterocycles. The fraction of sp³-hybridized carbons (Fsp3) is 0.105. The number of hydrogen-bond donors (Lipinski definition) is 2. The van der Waals surface area contributed by atoms with Crippen LogP contribution in [-0.4, -0.2) is 22.7 Å². The van der Waals surface area contributed by atoms with Crippen LogP contribution in [0.1, 0.15) is 16.1 Å². The highest BCUT2D eigenvalue weighted by molar-refractivity contribution is 6.31. The van der Waals surface area contributed by atoms with E-state index in [1.54, 1.807) is 24.3 Å². The average molecular weight is 383 g/mol. The third-order valence-corrected chi connectivity index (χ3v) is 4.32. The van der Waals surface area contributed by atoms with Crippen LogP contribution in [0.25, 0.3) is 0 Å². The number of hydrogen-bond acceptors (Lipinski definition) is 6. The number of carbonyl (C=O) groups is 1. The highest BCUT2D eigenvalue weighted by Crippen LogP contribution is 2.34. The van der Waals surface area contributed by atoms with E-state index >= 15 is 0 Å². The molecule has 0 spiro atoms. The second-order valence-electron chi connectivity index (χ2n) is 5.76. The molecule has 136 valence electrons. The second kappa shape index (κ2) is 7.51. The number of nitrogens with zero attached hydrogens (tertiary/aromatic N) is 2. The summed E-state index contributed by atoms with van der Waals surface area (Å²) in [6.45, 7) is 0.666. The molecule has 27 heavy (non-hydrogen) atoms. The number of benzene rings is 2. The van der Waals surface area contributed by atoms with Crippen LogP contribution in [0, 0.1) is 0 Å². The van der Waals surface area contributed by atoms with Crippen molar-refractivity contribution >= 4 is 29.0 Å². The number of aromatic nitrogens is 2. The number of nitrogens with one attached hydrogen (secondary N) is 2. The van der Waals surface area contributed by atoms with E-state index in [1.807, 2.05) is 24.3 Å². The number of carbonyl (C=O) groups excluding carboxylic acids is 1. The summed E-state index contributed by atoms with van der Waals surface area (Å²) in [7, 11) is 0. The van der Waals surface area contributed by atoms with E-state index in [0.717, 1.165) is 5.56 Å². The molecule has 0 saturated heterocycles. The first-order valence-corrected chi connectivity index (χ1v) is 8.57. The van der Waals surface area contributed by atoms with Crippen molar-refractivity contribution in [3.63, 3.8) is 0 Å². The van der Waals surface area contributed by atoms with Crippen LogP contribution in [0.2, 0.25) is 5.02 Å². The van der Waals surface area contributed by atoms with Gasteiger partial charge in [0.2, 0.25) is 6.79 Å². The molecule has 7 nitrogen and oxygen atoms in total. The van der Waals surface area contributed by atoms with E-state index in [2.05, 4.69) is 20.6 Å². The highest BCUT2D eigenvalue weighted by Gasteiger charge is 2.15. The minimum atomic E-state index is -0.350. The maximum absolute atomic E-state index is 12.5. The number of ether oxygens (including phenoxy) is 2. The van der Waals surface area contributed by atoms with Crippen LogP contribution >= 0.6 is 11.6 Å². The molecule has 0 aliphatic carbocycles. The minimum absolute atomic E-state index is 0.180. The van der Waals surface area contributed by atoms with Gasteiger partial charge in [0.25, 0.3) is 5.91 Å². The zero-order chi connectivity index (χ0) is 18.6. The Morgan fingerprint density at radius 3 is 2.81 bits per heavy atom. The molecule has 2 N–H and O–H groups in total. The zero-order valence-corrected chi connectivity index (χ0v) is 14.9. The molecule has 0 saturated carbocycles. The van der Waals surface area contributed by atoms with Crippen molar-refractivity contribution in [3.05, 3.63) is 71.1 Å². The molecule has 2 aromatic carbocycles. The number of amides is 1. The minimum Gasteiger partial charge on any atom is -0.454 e. The van der Waals surface area contributed by atoms with E-state index in [0.29, 0.717) is 34.6 Å². The van der Waals surface area contributed by atoms with Gasteiger partial charge in [0.15, 0.2) is 11.5 Å².